The normalized spacial score (nSPS) is 12.2. The molecule has 6 heteroatoms. The van der Waals surface area contributed by atoms with Crippen LogP contribution in [0.3, 0.4) is 0 Å². The van der Waals surface area contributed by atoms with Gasteiger partial charge in [0.05, 0.1) is 11.0 Å². The van der Waals surface area contributed by atoms with Crippen molar-refractivity contribution in [3.8, 4) is 0 Å². The summed E-state index contributed by atoms with van der Waals surface area (Å²) in [6.07, 6.45) is 3.22. The highest BCUT2D eigenvalue weighted by atomic mass is 32.2. The van der Waals surface area contributed by atoms with Crippen LogP contribution in [0.15, 0.2) is 54.9 Å². The fourth-order valence-electron chi connectivity index (χ4n) is 2.26. The van der Waals surface area contributed by atoms with Crippen LogP contribution in [0.2, 0.25) is 0 Å². The topological polar surface area (TPSA) is 64.0 Å². The quantitative estimate of drug-likeness (QED) is 0.804. The highest BCUT2D eigenvalue weighted by Gasteiger charge is 2.09. The number of nitrogens with zero attached hydrogens (tertiary/aromatic N) is 2. The van der Waals surface area contributed by atoms with Gasteiger partial charge in [-0.3, -0.25) is 14.4 Å². The Balaban J connectivity index is 1.84. The van der Waals surface area contributed by atoms with Gasteiger partial charge in [-0.2, -0.15) is 0 Å². The predicted molar refractivity (Wildman–Crippen MR) is 87.6 cm³/mol. The van der Waals surface area contributed by atoms with Gasteiger partial charge in [0.2, 0.25) is 0 Å². The average Bonchev–Trinajstić information content (AvgIpc) is 2.90. The molecule has 1 N–H and O–H groups in total. The molecular weight excluding hydrogens is 298 g/mol. The molecule has 0 fully saturated rings. The van der Waals surface area contributed by atoms with Crippen LogP contribution < -0.4 is 5.43 Å². The lowest BCUT2D eigenvalue weighted by Crippen LogP contribution is -2.22. The molecule has 0 aliphatic carbocycles. The van der Waals surface area contributed by atoms with Crippen molar-refractivity contribution in [2.24, 2.45) is 0 Å². The van der Waals surface area contributed by atoms with Crippen LogP contribution in [-0.4, -0.2) is 26.0 Å². The minimum atomic E-state index is -0.935. The summed E-state index contributed by atoms with van der Waals surface area (Å²) in [7, 11) is -0.935. The van der Waals surface area contributed by atoms with Crippen molar-refractivity contribution >= 4 is 27.7 Å². The van der Waals surface area contributed by atoms with Crippen molar-refractivity contribution in [3.63, 3.8) is 0 Å². The Morgan fingerprint density at radius 2 is 2.05 bits per heavy atom. The third-order valence-electron chi connectivity index (χ3n) is 3.23. The summed E-state index contributed by atoms with van der Waals surface area (Å²) in [6, 6.07) is 14.7. The molecule has 0 saturated heterocycles. The molecule has 0 radical (unpaired) electrons. The first-order chi connectivity index (χ1) is 10.6. The van der Waals surface area contributed by atoms with E-state index >= 15 is 0 Å². The molecule has 112 valence electrons. The van der Waals surface area contributed by atoms with Gasteiger partial charge in [-0.05, 0) is 29.8 Å². The van der Waals surface area contributed by atoms with Crippen LogP contribution in [0.4, 0.5) is 0 Å². The van der Waals surface area contributed by atoms with Crippen molar-refractivity contribution in [1.29, 1.82) is 0 Å². The van der Waals surface area contributed by atoms with Crippen molar-refractivity contribution in [3.05, 3.63) is 66.0 Å². The van der Waals surface area contributed by atoms with Gasteiger partial charge >= 0.3 is 0 Å². The van der Waals surface area contributed by atoms with Crippen LogP contribution in [0.1, 0.15) is 15.9 Å². The van der Waals surface area contributed by atoms with Crippen LogP contribution in [0.5, 0.6) is 0 Å². The van der Waals surface area contributed by atoms with E-state index in [1.165, 1.54) is 0 Å². The number of aromatic nitrogens is 2. The number of para-hydroxylation sites is 2. The summed E-state index contributed by atoms with van der Waals surface area (Å²) in [5.74, 6) is 0.210. The summed E-state index contributed by atoms with van der Waals surface area (Å²) < 4.78 is 12.9. The van der Waals surface area contributed by atoms with E-state index in [4.69, 9.17) is 0 Å². The standard InChI is InChI=1S/C16H15N3O2S/c1-22(21)10-12-5-4-6-13(9-12)16(20)18-19-11-17-14-7-2-3-8-15(14)19/h2-9,11H,10H2,1H3,(H,18,20). The summed E-state index contributed by atoms with van der Waals surface area (Å²) in [5, 5.41) is 0. The highest BCUT2D eigenvalue weighted by molar-refractivity contribution is 7.83. The van der Waals surface area contributed by atoms with Gasteiger partial charge in [-0.15, -0.1) is 0 Å². The summed E-state index contributed by atoms with van der Waals surface area (Å²) in [6.45, 7) is 0. The van der Waals surface area contributed by atoms with E-state index in [1.54, 1.807) is 35.5 Å². The fraction of sp³-hybridized carbons (Fsp3) is 0.125. The lowest BCUT2D eigenvalue weighted by molar-refractivity contribution is 0.101. The first kappa shape index (κ1) is 14.5. The number of nitrogens with one attached hydrogen (secondary N) is 1. The Labute approximate surface area is 130 Å². The summed E-state index contributed by atoms with van der Waals surface area (Å²) in [4.78, 5) is 16.6. The zero-order valence-electron chi connectivity index (χ0n) is 12.0. The number of amides is 1. The minimum absolute atomic E-state index is 0.230. The van der Waals surface area contributed by atoms with Gasteiger partial charge in [0.15, 0.2) is 0 Å². The number of benzene rings is 2. The average molecular weight is 313 g/mol. The molecule has 0 spiro atoms. The second kappa shape index (κ2) is 6.11. The van der Waals surface area contributed by atoms with Crippen LogP contribution in [-0.2, 0) is 16.6 Å². The van der Waals surface area contributed by atoms with E-state index in [0.717, 1.165) is 16.6 Å². The van der Waals surface area contributed by atoms with Gasteiger partial charge in [-0.1, -0.05) is 24.3 Å². The lowest BCUT2D eigenvalue weighted by Gasteiger charge is -2.08. The highest BCUT2D eigenvalue weighted by Crippen LogP contribution is 2.12. The zero-order valence-corrected chi connectivity index (χ0v) is 12.8. The van der Waals surface area contributed by atoms with Gasteiger partial charge in [0, 0.05) is 28.4 Å². The molecule has 3 rings (SSSR count). The Hall–Kier alpha value is -2.47. The Kier molecular flexibility index (Phi) is 4.02. The van der Waals surface area contributed by atoms with Crippen molar-refractivity contribution < 1.29 is 9.00 Å². The molecule has 3 aromatic rings. The Morgan fingerprint density at radius 3 is 2.86 bits per heavy atom. The van der Waals surface area contributed by atoms with Gasteiger partial charge < -0.3 is 0 Å². The van der Waals surface area contributed by atoms with Crippen LogP contribution >= 0.6 is 0 Å². The molecule has 1 atom stereocenters. The molecular formula is C16H15N3O2S. The lowest BCUT2D eigenvalue weighted by atomic mass is 10.1. The molecule has 0 aliphatic rings. The number of imidazole rings is 1. The summed E-state index contributed by atoms with van der Waals surface area (Å²) in [5.41, 5.74) is 5.86. The first-order valence-corrected chi connectivity index (χ1v) is 8.48. The molecule has 0 bridgehead atoms. The monoisotopic (exact) mass is 313 g/mol. The molecule has 1 unspecified atom stereocenters. The van der Waals surface area contributed by atoms with Crippen LogP contribution in [0, 0.1) is 0 Å². The first-order valence-electron chi connectivity index (χ1n) is 6.76. The second-order valence-electron chi connectivity index (χ2n) is 4.96. The molecule has 1 aromatic heterocycles. The van der Waals surface area contributed by atoms with E-state index in [-0.39, 0.29) is 5.91 Å². The van der Waals surface area contributed by atoms with Crippen molar-refractivity contribution in [1.82, 2.24) is 9.66 Å². The summed E-state index contributed by atoms with van der Waals surface area (Å²) >= 11 is 0. The third-order valence-corrected chi connectivity index (χ3v) is 3.97. The molecule has 22 heavy (non-hydrogen) atoms. The number of carbonyl (C=O) groups excluding carboxylic acids is 1. The molecule has 5 nitrogen and oxygen atoms in total. The molecule has 0 aliphatic heterocycles. The number of fused-ring (bicyclic) bond motifs is 1. The number of hydrogen-bond donors (Lipinski definition) is 1. The van der Waals surface area contributed by atoms with Crippen molar-refractivity contribution in [2.45, 2.75) is 5.75 Å². The maximum absolute atomic E-state index is 12.4. The largest absolute Gasteiger partial charge is 0.270 e. The molecule has 2 aromatic carbocycles. The van der Waals surface area contributed by atoms with E-state index in [2.05, 4.69) is 10.4 Å². The molecule has 1 amide bonds. The zero-order chi connectivity index (χ0) is 15.5. The second-order valence-corrected chi connectivity index (χ2v) is 6.40. The maximum atomic E-state index is 12.4. The Morgan fingerprint density at radius 1 is 1.23 bits per heavy atom. The van der Waals surface area contributed by atoms with Gasteiger partial charge in [0.25, 0.3) is 5.91 Å². The third kappa shape index (κ3) is 3.07. The van der Waals surface area contributed by atoms with E-state index in [1.807, 2.05) is 30.3 Å². The van der Waals surface area contributed by atoms with Gasteiger partial charge in [-0.25, -0.2) is 9.66 Å². The smallest absolute Gasteiger partial charge is 0.267 e. The fourth-order valence-corrected chi connectivity index (χ4v) is 2.91. The Bertz CT molecular complexity index is 857. The molecule has 0 saturated carbocycles. The van der Waals surface area contributed by atoms with E-state index < -0.39 is 10.8 Å². The minimum Gasteiger partial charge on any atom is -0.267 e. The van der Waals surface area contributed by atoms with Gasteiger partial charge in [0.1, 0.15) is 6.33 Å². The number of carbonyl (C=O) groups is 1. The van der Waals surface area contributed by atoms with Crippen molar-refractivity contribution in [2.75, 3.05) is 11.7 Å². The number of rotatable bonds is 4. The molecule has 1 heterocycles. The van der Waals surface area contributed by atoms with E-state index in [9.17, 15) is 9.00 Å². The van der Waals surface area contributed by atoms with E-state index in [0.29, 0.717) is 11.3 Å². The predicted octanol–water partition coefficient (Wildman–Crippen LogP) is 2.30. The van der Waals surface area contributed by atoms with Crippen LogP contribution in [0.25, 0.3) is 11.0 Å². The maximum Gasteiger partial charge on any atom is 0.270 e. The SMILES string of the molecule is CS(=O)Cc1cccc(C(=O)Nn2cnc3ccccc32)c1. The number of hydrogen-bond acceptors (Lipinski definition) is 3.